The number of nitrogens with zero attached hydrogens (tertiary/aromatic N) is 2. The molecule has 2 amide bonds. The molecule has 0 radical (unpaired) electrons. The fourth-order valence-corrected chi connectivity index (χ4v) is 5.29. The van der Waals surface area contributed by atoms with Crippen LogP contribution in [0, 0.1) is 19.7 Å². The number of aromatic nitrogens is 1. The van der Waals surface area contributed by atoms with Gasteiger partial charge in [-0.25, -0.2) is 17.1 Å². The minimum Gasteiger partial charge on any atom is -0.360 e. The topological polar surface area (TPSA) is 103 Å². The van der Waals surface area contributed by atoms with Gasteiger partial charge in [-0.3, -0.25) is 9.59 Å². The smallest absolute Gasteiger partial charge is 0.253 e. The van der Waals surface area contributed by atoms with Crippen LogP contribution in [0.5, 0.6) is 0 Å². The molecule has 2 aliphatic rings. The molecular formula is C21H25FN4O4S. The third-order valence-corrected chi connectivity index (χ3v) is 7.28. The van der Waals surface area contributed by atoms with E-state index in [4.69, 9.17) is 0 Å². The van der Waals surface area contributed by atoms with Gasteiger partial charge in [0, 0.05) is 36.2 Å². The number of aryl methyl sites for hydroxylation is 1. The first-order valence-electron chi connectivity index (χ1n) is 10.1. The van der Waals surface area contributed by atoms with Crippen molar-refractivity contribution >= 4 is 27.5 Å². The molecule has 1 atom stereocenters. The van der Waals surface area contributed by atoms with Gasteiger partial charge in [-0.2, -0.15) is 0 Å². The number of rotatable bonds is 5. The Morgan fingerprint density at radius 2 is 2.06 bits per heavy atom. The van der Waals surface area contributed by atoms with Crippen molar-refractivity contribution in [3.8, 4) is 0 Å². The van der Waals surface area contributed by atoms with Crippen LogP contribution in [0.4, 0.5) is 10.1 Å². The lowest BCUT2D eigenvalue weighted by molar-refractivity contribution is -0.117. The van der Waals surface area contributed by atoms with E-state index >= 15 is 0 Å². The zero-order valence-electron chi connectivity index (χ0n) is 17.7. The van der Waals surface area contributed by atoms with Crippen LogP contribution in [-0.4, -0.2) is 54.9 Å². The molecule has 0 saturated carbocycles. The number of benzene rings is 1. The van der Waals surface area contributed by atoms with Gasteiger partial charge in [0.2, 0.25) is 15.9 Å². The molecule has 166 valence electrons. The van der Waals surface area contributed by atoms with Gasteiger partial charge in [-0.05, 0) is 49.6 Å². The molecule has 1 aromatic carbocycles. The summed E-state index contributed by atoms with van der Waals surface area (Å²) in [6.07, 6.45) is 1.87. The van der Waals surface area contributed by atoms with E-state index in [0.29, 0.717) is 35.5 Å². The van der Waals surface area contributed by atoms with Crippen molar-refractivity contribution in [2.45, 2.75) is 39.3 Å². The van der Waals surface area contributed by atoms with Crippen LogP contribution in [0.15, 0.2) is 18.2 Å². The minimum atomic E-state index is -3.28. The van der Waals surface area contributed by atoms with Crippen LogP contribution >= 0.6 is 0 Å². The highest BCUT2D eigenvalue weighted by Crippen LogP contribution is 2.32. The first-order chi connectivity index (χ1) is 14.5. The molecule has 31 heavy (non-hydrogen) atoms. The SMILES string of the molecule is Cc1[nH]c(CN2C(=O)Cc3cc(F)ccc32)c(C)c1C(=O)N[C@H]1CCN(S(C)(=O)=O)C1. The minimum absolute atomic E-state index is 0.120. The maximum absolute atomic E-state index is 13.5. The van der Waals surface area contributed by atoms with Gasteiger partial charge >= 0.3 is 0 Å². The highest BCUT2D eigenvalue weighted by atomic mass is 32.2. The number of halogens is 1. The van der Waals surface area contributed by atoms with Crippen molar-refractivity contribution in [3.05, 3.63) is 52.1 Å². The van der Waals surface area contributed by atoms with Crippen molar-refractivity contribution in [1.29, 1.82) is 0 Å². The lowest BCUT2D eigenvalue weighted by Crippen LogP contribution is -2.38. The van der Waals surface area contributed by atoms with Crippen LogP contribution in [-0.2, 0) is 27.8 Å². The zero-order chi connectivity index (χ0) is 22.5. The van der Waals surface area contributed by atoms with Crippen LogP contribution in [0.2, 0.25) is 0 Å². The van der Waals surface area contributed by atoms with Crippen molar-refractivity contribution in [2.24, 2.45) is 0 Å². The van der Waals surface area contributed by atoms with Gasteiger partial charge in [-0.15, -0.1) is 0 Å². The maximum atomic E-state index is 13.5. The Balaban J connectivity index is 1.51. The van der Waals surface area contributed by atoms with Crippen molar-refractivity contribution in [3.63, 3.8) is 0 Å². The summed E-state index contributed by atoms with van der Waals surface area (Å²) < 4.78 is 38.3. The molecule has 10 heteroatoms. The number of fused-ring (bicyclic) bond motifs is 1. The lowest BCUT2D eigenvalue weighted by Gasteiger charge is -2.17. The summed E-state index contributed by atoms with van der Waals surface area (Å²) in [6, 6.07) is 4.06. The molecular weight excluding hydrogens is 423 g/mol. The molecule has 8 nitrogen and oxygen atoms in total. The average molecular weight is 449 g/mol. The fraction of sp³-hybridized carbons (Fsp3) is 0.429. The first kappa shape index (κ1) is 21.5. The van der Waals surface area contributed by atoms with Gasteiger partial charge in [0.05, 0.1) is 24.8 Å². The predicted molar refractivity (Wildman–Crippen MR) is 114 cm³/mol. The molecule has 1 fully saturated rings. The summed E-state index contributed by atoms with van der Waals surface area (Å²) in [7, 11) is -3.28. The standard InChI is InChI=1S/C21H25FN4O4S/c1-12-17(11-26-18-5-4-15(22)8-14(18)9-19(26)27)23-13(2)20(12)21(28)24-16-6-7-25(10-16)31(3,29)30/h4-5,8,16,23H,6-7,9-11H2,1-3H3,(H,24,28)/t16-/m0/s1. The number of nitrogens with one attached hydrogen (secondary N) is 2. The van der Waals surface area contributed by atoms with Gasteiger partial charge in [0.15, 0.2) is 0 Å². The summed E-state index contributed by atoms with van der Waals surface area (Å²) in [5.74, 6) is -0.765. The van der Waals surface area contributed by atoms with E-state index in [1.54, 1.807) is 17.9 Å². The summed E-state index contributed by atoms with van der Waals surface area (Å²) in [5, 5.41) is 2.93. The lowest BCUT2D eigenvalue weighted by atomic mass is 10.1. The molecule has 4 rings (SSSR count). The van der Waals surface area contributed by atoms with Gasteiger partial charge in [0.25, 0.3) is 5.91 Å². The zero-order valence-corrected chi connectivity index (χ0v) is 18.5. The number of sulfonamides is 1. The van der Waals surface area contributed by atoms with Crippen molar-refractivity contribution in [2.75, 3.05) is 24.2 Å². The summed E-state index contributed by atoms with van der Waals surface area (Å²) in [5.41, 5.74) is 3.97. The highest BCUT2D eigenvalue weighted by Gasteiger charge is 2.32. The third kappa shape index (κ3) is 4.09. The molecule has 3 heterocycles. The van der Waals surface area contributed by atoms with E-state index in [-0.39, 0.29) is 43.2 Å². The van der Waals surface area contributed by atoms with Gasteiger partial charge in [-0.1, -0.05) is 0 Å². The second kappa shape index (κ2) is 7.76. The predicted octanol–water partition coefficient (Wildman–Crippen LogP) is 1.62. The number of aromatic amines is 1. The number of carbonyl (C=O) groups excluding carboxylic acids is 2. The van der Waals surface area contributed by atoms with Crippen LogP contribution in [0.3, 0.4) is 0 Å². The van der Waals surface area contributed by atoms with Crippen LogP contribution < -0.4 is 10.2 Å². The Morgan fingerprint density at radius 3 is 2.74 bits per heavy atom. The van der Waals surface area contributed by atoms with Crippen molar-refractivity contribution in [1.82, 2.24) is 14.6 Å². The molecule has 0 spiro atoms. The number of carbonyl (C=O) groups is 2. The van der Waals surface area contributed by atoms with E-state index < -0.39 is 10.0 Å². The highest BCUT2D eigenvalue weighted by molar-refractivity contribution is 7.88. The molecule has 0 unspecified atom stereocenters. The normalized spacial score (nSPS) is 19.2. The second-order valence-electron chi connectivity index (χ2n) is 8.24. The van der Waals surface area contributed by atoms with Crippen LogP contribution in [0.25, 0.3) is 0 Å². The van der Waals surface area contributed by atoms with E-state index in [0.717, 1.165) is 17.5 Å². The summed E-state index contributed by atoms with van der Waals surface area (Å²) >= 11 is 0. The Labute approximate surface area is 180 Å². The Morgan fingerprint density at radius 1 is 1.32 bits per heavy atom. The first-order valence-corrected chi connectivity index (χ1v) is 11.9. The number of hydrogen-bond acceptors (Lipinski definition) is 4. The Hall–Kier alpha value is -2.72. The molecule has 2 aromatic rings. The van der Waals surface area contributed by atoms with Crippen molar-refractivity contribution < 1.29 is 22.4 Å². The third-order valence-electron chi connectivity index (χ3n) is 6.01. The molecule has 2 aliphatic heterocycles. The molecule has 0 bridgehead atoms. The Kier molecular flexibility index (Phi) is 5.38. The molecule has 0 aliphatic carbocycles. The largest absolute Gasteiger partial charge is 0.360 e. The van der Waals surface area contributed by atoms with Gasteiger partial charge < -0.3 is 15.2 Å². The monoisotopic (exact) mass is 448 g/mol. The number of H-pyrrole nitrogens is 1. The van der Waals surface area contributed by atoms with Crippen LogP contribution in [0.1, 0.15) is 39.3 Å². The Bertz CT molecular complexity index is 1170. The quantitative estimate of drug-likeness (QED) is 0.726. The van der Waals surface area contributed by atoms with Gasteiger partial charge in [0.1, 0.15) is 5.82 Å². The van der Waals surface area contributed by atoms with E-state index in [1.807, 2.05) is 6.92 Å². The summed E-state index contributed by atoms with van der Waals surface area (Å²) in [6.45, 7) is 4.50. The average Bonchev–Trinajstić information content (AvgIpc) is 3.32. The van der Waals surface area contributed by atoms with E-state index in [1.165, 1.54) is 16.4 Å². The molecule has 2 N–H and O–H groups in total. The number of anilines is 1. The number of amides is 2. The summed E-state index contributed by atoms with van der Waals surface area (Å²) in [4.78, 5) is 30.2. The second-order valence-corrected chi connectivity index (χ2v) is 10.2. The van der Waals surface area contributed by atoms with E-state index in [9.17, 15) is 22.4 Å². The van der Waals surface area contributed by atoms with E-state index in [2.05, 4.69) is 10.3 Å². The fourth-order valence-electron chi connectivity index (χ4n) is 4.40. The molecule has 1 aromatic heterocycles. The molecule has 1 saturated heterocycles. The number of hydrogen-bond donors (Lipinski definition) is 2. The maximum Gasteiger partial charge on any atom is 0.253 e.